The molecule has 0 saturated carbocycles. The summed E-state index contributed by atoms with van der Waals surface area (Å²) in [7, 11) is 0. The van der Waals surface area contributed by atoms with Crippen LogP contribution in [-0.4, -0.2) is 35.2 Å². The third-order valence-electron chi connectivity index (χ3n) is 4.18. The van der Waals surface area contributed by atoms with Gasteiger partial charge in [0.25, 0.3) is 5.91 Å². The van der Waals surface area contributed by atoms with Crippen LogP contribution in [0.15, 0.2) is 40.9 Å². The lowest BCUT2D eigenvalue weighted by molar-refractivity contribution is -0.139. The Morgan fingerprint density at radius 1 is 1.35 bits per heavy atom. The Bertz CT molecular complexity index is 648. The third-order valence-corrected chi connectivity index (χ3v) is 4.18. The molecule has 6 heteroatoms. The number of para-hydroxylation sites is 1. The van der Waals surface area contributed by atoms with Crippen molar-refractivity contribution in [1.29, 1.82) is 0 Å². The first-order chi connectivity index (χ1) is 11.1. The van der Waals surface area contributed by atoms with E-state index in [0.717, 1.165) is 18.5 Å². The van der Waals surface area contributed by atoms with Crippen molar-refractivity contribution in [2.24, 2.45) is 0 Å². The van der Waals surface area contributed by atoms with Crippen LogP contribution in [0.2, 0.25) is 0 Å². The van der Waals surface area contributed by atoms with Gasteiger partial charge in [0.05, 0.1) is 5.69 Å². The molecule has 2 heterocycles. The van der Waals surface area contributed by atoms with Crippen LogP contribution in [0.3, 0.4) is 0 Å². The van der Waals surface area contributed by atoms with Gasteiger partial charge in [0.2, 0.25) is 5.88 Å². The number of aromatic nitrogens is 1. The van der Waals surface area contributed by atoms with Gasteiger partial charge in [-0.05, 0) is 31.9 Å². The van der Waals surface area contributed by atoms with Crippen molar-refractivity contribution in [3.8, 4) is 5.75 Å². The van der Waals surface area contributed by atoms with Gasteiger partial charge in [-0.2, -0.15) is 0 Å². The number of hydrogen-bond acceptors (Lipinski definition) is 5. The van der Waals surface area contributed by atoms with E-state index in [0.29, 0.717) is 30.6 Å². The number of piperidine rings is 1. The normalized spacial score (nSPS) is 17.0. The predicted octanol–water partition coefficient (Wildman–Crippen LogP) is 2.43. The molecule has 1 aliphatic rings. The minimum atomic E-state index is -0.489. The number of nitrogen functional groups attached to an aromatic ring is 1. The summed E-state index contributed by atoms with van der Waals surface area (Å²) in [6, 6.07) is 11.2. The first-order valence-corrected chi connectivity index (χ1v) is 7.86. The summed E-state index contributed by atoms with van der Waals surface area (Å²) in [6.07, 6.45) is 1.22. The molecule has 0 unspecified atom stereocenters. The molecule has 1 aromatic carbocycles. The molecular formula is C17H21N3O3. The maximum Gasteiger partial charge on any atom is 0.263 e. The molecule has 1 amide bonds. The molecule has 0 spiro atoms. The molecule has 23 heavy (non-hydrogen) atoms. The molecule has 1 saturated heterocycles. The molecule has 0 radical (unpaired) electrons. The number of carbonyl (C=O) groups excluding carboxylic acids is 1. The monoisotopic (exact) mass is 315 g/mol. The average molecular weight is 315 g/mol. The second-order valence-corrected chi connectivity index (χ2v) is 5.83. The molecular weight excluding hydrogens is 294 g/mol. The van der Waals surface area contributed by atoms with Crippen LogP contribution >= 0.6 is 0 Å². The summed E-state index contributed by atoms with van der Waals surface area (Å²) in [4.78, 5) is 14.4. The van der Waals surface area contributed by atoms with Crippen LogP contribution in [0.5, 0.6) is 5.75 Å². The number of rotatable bonds is 4. The number of nitrogens with two attached hydrogens (primary N) is 1. The van der Waals surface area contributed by atoms with E-state index in [9.17, 15) is 4.79 Å². The number of hydrogen-bond donors (Lipinski definition) is 1. The van der Waals surface area contributed by atoms with Crippen LogP contribution in [0, 0.1) is 0 Å². The fraction of sp³-hybridized carbons (Fsp3) is 0.412. The summed E-state index contributed by atoms with van der Waals surface area (Å²) in [5, 5.41) is 3.97. The minimum Gasteiger partial charge on any atom is -0.481 e. The second-order valence-electron chi connectivity index (χ2n) is 5.83. The molecule has 122 valence electrons. The Morgan fingerprint density at radius 2 is 2.04 bits per heavy atom. The number of amides is 1. The van der Waals surface area contributed by atoms with Gasteiger partial charge in [0.15, 0.2) is 6.10 Å². The fourth-order valence-electron chi connectivity index (χ4n) is 2.90. The highest BCUT2D eigenvalue weighted by Gasteiger charge is 2.28. The first kappa shape index (κ1) is 15.4. The van der Waals surface area contributed by atoms with Crippen molar-refractivity contribution in [1.82, 2.24) is 10.1 Å². The molecule has 2 N–H and O–H groups in total. The van der Waals surface area contributed by atoms with Crippen molar-refractivity contribution < 1.29 is 14.1 Å². The van der Waals surface area contributed by atoms with Gasteiger partial charge in [-0.15, -0.1) is 0 Å². The van der Waals surface area contributed by atoms with E-state index < -0.39 is 6.10 Å². The van der Waals surface area contributed by atoms with Gasteiger partial charge in [-0.3, -0.25) is 4.79 Å². The highest BCUT2D eigenvalue weighted by Crippen LogP contribution is 2.28. The highest BCUT2D eigenvalue weighted by atomic mass is 16.5. The molecule has 6 nitrogen and oxygen atoms in total. The first-order valence-electron chi connectivity index (χ1n) is 7.86. The van der Waals surface area contributed by atoms with Gasteiger partial charge in [-0.25, -0.2) is 0 Å². The van der Waals surface area contributed by atoms with E-state index in [1.54, 1.807) is 13.0 Å². The standard InChI is InChI=1S/C17H21N3O3/c1-12(22-14-5-3-2-4-6-14)17(21)20-9-7-13(8-10-20)15-11-16(18)23-19-15/h2-6,11-13H,7-10,18H2,1H3/t12-/m0/s1. The fourth-order valence-corrected chi connectivity index (χ4v) is 2.90. The molecule has 3 rings (SSSR count). The van der Waals surface area contributed by atoms with E-state index >= 15 is 0 Å². The van der Waals surface area contributed by atoms with E-state index in [1.807, 2.05) is 35.2 Å². The summed E-state index contributed by atoms with van der Waals surface area (Å²) < 4.78 is 10.6. The van der Waals surface area contributed by atoms with Crippen LogP contribution < -0.4 is 10.5 Å². The lowest BCUT2D eigenvalue weighted by Crippen LogP contribution is -2.44. The van der Waals surface area contributed by atoms with Gasteiger partial charge in [0, 0.05) is 25.1 Å². The quantitative estimate of drug-likeness (QED) is 0.937. The Hall–Kier alpha value is -2.50. The molecule has 2 aromatic rings. The largest absolute Gasteiger partial charge is 0.481 e. The molecule has 0 aliphatic carbocycles. The van der Waals surface area contributed by atoms with Gasteiger partial charge in [-0.1, -0.05) is 23.4 Å². The van der Waals surface area contributed by atoms with E-state index in [4.69, 9.17) is 15.0 Å². The Labute approximate surface area is 135 Å². The summed E-state index contributed by atoms with van der Waals surface area (Å²) in [6.45, 7) is 3.18. The Kier molecular flexibility index (Phi) is 4.50. The number of anilines is 1. The summed E-state index contributed by atoms with van der Waals surface area (Å²) in [5.41, 5.74) is 6.44. The maximum atomic E-state index is 12.5. The van der Waals surface area contributed by atoms with E-state index in [-0.39, 0.29) is 5.91 Å². The van der Waals surface area contributed by atoms with Crippen molar-refractivity contribution in [3.05, 3.63) is 42.1 Å². The summed E-state index contributed by atoms with van der Waals surface area (Å²) in [5.74, 6) is 1.36. The Morgan fingerprint density at radius 3 is 2.65 bits per heavy atom. The smallest absolute Gasteiger partial charge is 0.263 e. The zero-order valence-corrected chi connectivity index (χ0v) is 13.1. The SMILES string of the molecule is C[C@H](Oc1ccccc1)C(=O)N1CCC(c2cc(N)on2)CC1. The van der Waals surface area contributed by atoms with Crippen LogP contribution in [0.4, 0.5) is 5.88 Å². The lowest BCUT2D eigenvalue weighted by Gasteiger charge is -2.32. The van der Waals surface area contributed by atoms with Crippen molar-refractivity contribution in [3.63, 3.8) is 0 Å². The Balaban J connectivity index is 1.53. The van der Waals surface area contributed by atoms with Crippen molar-refractivity contribution >= 4 is 11.8 Å². The zero-order valence-electron chi connectivity index (χ0n) is 13.1. The van der Waals surface area contributed by atoms with Gasteiger partial charge < -0.3 is 19.9 Å². The maximum absolute atomic E-state index is 12.5. The summed E-state index contributed by atoms with van der Waals surface area (Å²) >= 11 is 0. The van der Waals surface area contributed by atoms with Crippen molar-refractivity contribution in [2.45, 2.75) is 31.8 Å². The second kappa shape index (κ2) is 6.73. The van der Waals surface area contributed by atoms with E-state index in [1.165, 1.54) is 0 Å². The molecule has 1 aromatic heterocycles. The predicted molar refractivity (Wildman–Crippen MR) is 86.0 cm³/mol. The number of benzene rings is 1. The van der Waals surface area contributed by atoms with Gasteiger partial charge >= 0.3 is 0 Å². The molecule has 1 fully saturated rings. The van der Waals surface area contributed by atoms with Crippen LogP contribution in [0.25, 0.3) is 0 Å². The molecule has 0 bridgehead atoms. The van der Waals surface area contributed by atoms with E-state index in [2.05, 4.69) is 5.16 Å². The van der Waals surface area contributed by atoms with Crippen LogP contribution in [0.1, 0.15) is 31.4 Å². The van der Waals surface area contributed by atoms with Gasteiger partial charge in [0.1, 0.15) is 5.75 Å². The van der Waals surface area contributed by atoms with Crippen LogP contribution in [-0.2, 0) is 4.79 Å². The molecule has 1 aliphatic heterocycles. The third kappa shape index (κ3) is 3.64. The topological polar surface area (TPSA) is 81.6 Å². The molecule has 1 atom stereocenters. The number of likely N-dealkylation sites (tertiary alicyclic amines) is 1. The number of carbonyl (C=O) groups is 1. The minimum absolute atomic E-state index is 0.0203. The number of ether oxygens (including phenoxy) is 1. The lowest BCUT2D eigenvalue weighted by atomic mass is 9.93. The zero-order chi connectivity index (χ0) is 16.2. The highest BCUT2D eigenvalue weighted by molar-refractivity contribution is 5.81. The average Bonchev–Trinajstić information content (AvgIpc) is 3.02. The number of nitrogens with zero attached hydrogens (tertiary/aromatic N) is 2. The van der Waals surface area contributed by atoms with Crippen molar-refractivity contribution in [2.75, 3.05) is 18.8 Å².